The van der Waals surface area contributed by atoms with Gasteiger partial charge in [0.25, 0.3) is 0 Å². The molecule has 0 fully saturated rings. The molecule has 0 radical (unpaired) electrons. The minimum absolute atomic E-state index is 0.318. The molecule has 0 atom stereocenters. The lowest BCUT2D eigenvalue weighted by atomic mass is 10.0. The Morgan fingerprint density at radius 1 is 1.06 bits per heavy atom. The first-order valence-corrected chi connectivity index (χ1v) is 12.3. The topological polar surface area (TPSA) is 78.7 Å². The molecule has 0 aliphatic rings. The predicted molar refractivity (Wildman–Crippen MR) is 139 cm³/mol. The third-order valence-electron chi connectivity index (χ3n) is 5.89. The summed E-state index contributed by atoms with van der Waals surface area (Å²) in [5.74, 6) is 0.332. The van der Waals surface area contributed by atoms with E-state index in [1.54, 1.807) is 32.6 Å². The summed E-state index contributed by atoms with van der Waals surface area (Å²) in [5, 5.41) is 8.70. The SMILES string of the molecule is CCOC(=O)C(C)(C)Oc1c(C)cc(CN(CCOC)Cc2cn(-c3ccc(C)cc3)nn2)cc1C. The van der Waals surface area contributed by atoms with Crippen molar-refractivity contribution in [1.29, 1.82) is 0 Å². The molecule has 0 unspecified atom stereocenters. The lowest BCUT2D eigenvalue weighted by Crippen LogP contribution is -2.40. The molecule has 2 aromatic carbocycles. The number of nitrogens with zero attached hydrogens (tertiary/aromatic N) is 4. The summed E-state index contributed by atoms with van der Waals surface area (Å²) in [6.07, 6.45) is 1.97. The Morgan fingerprint density at radius 2 is 1.72 bits per heavy atom. The largest absolute Gasteiger partial charge is 0.476 e. The molecule has 0 aliphatic heterocycles. The molecule has 0 aliphatic carbocycles. The van der Waals surface area contributed by atoms with Crippen molar-refractivity contribution in [3.63, 3.8) is 0 Å². The molecule has 1 aromatic heterocycles. The third kappa shape index (κ3) is 7.15. The van der Waals surface area contributed by atoms with E-state index in [-0.39, 0.29) is 5.97 Å². The van der Waals surface area contributed by atoms with Crippen LogP contribution in [0.15, 0.2) is 42.6 Å². The van der Waals surface area contributed by atoms with Crippen LogP contribution in [0.3, 0.4) is 0 Å². The van der Waals surface area contributed by atoms with Gasteiger partial charge in [-0.15, -0.1) is 5.10 Å². The second-order valence-corrected chi connectivity index (χ2v) is 9.59. The molecule has 8 nitrogen and oxygen atoms in total. The average Bonchev–Trinajstić information content (AvgIpc) is 3.29. The molecule has 0 saturated heterocycles. The van der Waals surface area contributed by atoms with Gasteiger partial charge in [0.2, 0.25) is 0 Å². The van der Waals surface area contributed by atoms with Crippen molar-refractivity contribution in [2.75, 3.05) is 26.9 Å². The lowest BCUT2D eigenvalue weighted by Gasteiger charge is -2.27. The van der Waals surface area contributed by atoms with Crippen LogP contribution in [0.4, 0.5) is 0 Å². The van der Waals surface area contributed by atoms with Gasteiger partial charge >= 0.3 is 5.97 Å². The van der Waals surface area contributed by atoms with Gasteiger partial charge in [0.1, 0.15) is 5.75 Å². The number of carbonyl (C=O) groups excluding carboxylic acids is 1. The molecule has 3 rings (SSSR count). The molecule has 0 amide bonds. The van der Waals surface area contributed by atoms with Crippen molar-refractivity contribution in [1.82, 2.24) is 19.9 Å². The first-order chi connectivity index (χ1) is 17.1. The van der Waals surface area contributed by atoms with Gasteiger partial charge in [-0.05, 0) is 70.4 Å². The summed E-state index contributed by atoms with van der Waals surface area (Å²) in [4.78, 5) is 14.6. The Morgan fingerprint density at radius 3 is 2.33 bits per heavy atom. The second kappa shape index (κ2) is 12.1. The quantitative estimate of drug-likeness (QED) is 0.342. The van der Waals surface area contributed by atoms with Gasteiger partial charge in [0.05, 0.1) is 30.8 Å². The van der Waals surface area contributed by atoms with Crippen molar-refractivity contribution in [3.8, 4) is 11.4 Å². The maximum Gasteiger partial charge on any atom is 0.349 e. The summed E-state index contributed by atoms with van der Waals surface area (Å²) in [7, 11) is 1.71. The standard InChI is InChI=1S/C28H38N4O4/c1-8-35-27(33)28(5,6)36-26-21(3)15-23(16-22(26)4)17-31(13-14-34-7)18-24-19-32(30-29-24)25-11-9-20(2)10-12-25/h9-12,15-16,19H,8,13-14,17-18H2,1-7H3. The summed E-state index contributed by atoms with van der Waals surface area (Å²) < 4.78 is 18.4. The first-order valence-electron chi connectivity index (χ1n) is 12.3. The number of rotatable bonds is 12. The Labute approximate surface area is 214 Å². The van der Waals surface area contributed by atoms with Crippen LogP contribution in [-0.2, 0) is 27.4 Å². The van der Waals surface area contributed by atoms with Crippen molar-refractivity contribution in [2.24, 2.45) is 0 Å². The van der Waals surface area contributed by atoms with Crippen molar-refractivity contribution >= 4 is 5.97 Å². The molecular weight excluding hydrogens is 456 g/mol. The number of hydrogen-bond acceptors (Lipinski definition) is 7. The van der Waals surface area contributed by atoms with Crippen molar-refractivity contribution < 1.29 is 19.0 Å². The van der Waals surface area contributed by atoms with Crippen LogP contribution in [0.2, 0.25) is 0 Å². The van der Waals surface area contributed by atoms with Crippen LogP contribution in [-0.4, -0.2) is 58.3 Å². The first kappa shape index (κ1) is 27.4. The number of hydrogen-bond donors (Lipinski definition) is 0. The van der Waals surface area contributed by atoms with Gasteiger partial charge in [0.15, 0.2) is 5.60 Å². The molecule has 1 heterocycles. The molecule has 194 valence electrons. The van der Waals surface area contributed by atoms with Crippen molar-refractivity contribution in [2.45, 2.75) is 60.2 Å². The van der Waals surface area contributed by atoms with Gasteiger partial charge in [-0.2, -0.15) is 0 Å². The zero-order chi connectivity index (χ0) is 26.3. The highest BCUT2D eigenvalue weighted by molar-refractivity contribution is 5.79. The van der Waals surface area contributed by atoms with E-state index in [0.717, 1.165) is 34.6 Å². The monoisotopic (exact) mass is 494 g/mol. The van der Waals surface area contributed by atoms with Crippen LogP contribution in [0.1, 0.15) is 48.7 Å². The van der Waals surface area contributed by atoms with Crippen LogP contribution >= 0.6 is 0 Å². The molecule has 0 saturated carbocycles. The third-order valence-corrected chi connectivity index (χ3v) is 5.89. The van der Waals surface area contributed by atoms with E-state index in [4.69, 9.17) is 14.2 Å². The fraction of sp³-hybridized carbons (Fsp3) is 0.464. The molecule has 0 bridgehead atoms. The smallest absolute Gasteiger partial charge is 0.349 e. The van der Waals surface area contributed by atoms with Crippen LogP contribution in [0.5, 0.6) is 5.75 Å². The summed E-state index contributed by atoms with van der Waals surface area (Å²) in [6, 6.07) is 12.4. The van der Waals surface area contributed by atoms with E-state index in [1.165, 1.54) is 5.56 Å². The highest BCUT2D eigenvalue weighted by atomic mass is 16.6. The highest BCUT2D eigenvalue weighted by Crippen LogP contribution is 2.29. The number of carbonyl (C=O) groups is 1. The number of aryl methyl sites for hydroxylation is 3. The molecule has 36 heavy (non-hydrogen) atoms. The summed E-state index contributed by atoms with van der Waals surface area (Å²) >= 11 is 0. The number of benzene rings is 2. The average molecular weight is 495 g/mol. The maximum absolute atomic E-state index is 12.3. The molecule has 8 heteroatoms. The number of aromatic nitrogens is 3. The number of methoxy groups -OCH3 is 1. The van der Waals surface area contributed by atoms with E-state index < -0.39 is 5.60 Å². The Hall–Kier alpha value is -3.23. The van der Waals surface area contributed by atoms with Gasteiger partial charge < -0.3 is 14.2 Å². The molecule has 3 aromatic rings. The summed E-state index contributed by atoms with van der Waals surface area (Å²) in [6.45, 7) is 14.3. The van der Waals surface area contributed by atoms with Gasteiger partial charge in [0, 0.05) is 26.7 Å². The van der Waals surface area contributed by atoms with E-state index >= 15 is 0 Å². The van der Waals surface area contributed by atoms with E-state index in [9.17, 15) is 4.79 Å². The molecule has 0 N–H and O–H groups in total. The van der Waals surface area contributed by atoms with E-state index in [2.05, 4.69) is 46.4 Å². The van der Waals surface area contributed by atoms with Crippen molar-refractivity contribution in [3.05, 3.63) is 70.5 Å². The molecular formula is C28H38N4O4. The Kier molecular flexibility index (Phi) is 9.23. The predicted octanol–water partition coefficient (Wildman–Crippen LogP) is 4.56. The highest BCUT2D eigenvalue weighted by Gasteiger charge is 2.32. The molecule has 0 spiro atoms. The minimum atomic E-state index is -1.07. The second-order valence-electron chi connectivity index (χ2n) is 9.59. The van der Waals surface area contributed by atoms with Crippen LogP contribution in [0, 0.1) is 20.8 Å². The zero-order valence-corrected chi connectivity index (χ0v) is 22.5. The fourth-order valence-electron chi connectivity index (χ4n) is 4.01. The normalized spacial score (nSPS) is 11.7. The van der Waals surface area contributed by atoms with E-state index in [1.807, 2.05) is 32.2 Å². The maximum atomic E-state index is 12.3. The zero-order valence-electron chi connectivity index (χ0n) is 22.5. The number of ether oxygens (including phenoxy) is 3. The Bertz CT molecular complexity index is 1130. The number of esters is 1. The van der Waals surface area contributed by atoms with Gasteiger partial charge in [-0.3, -0.25) is 4.90 Å². The fourth-order valence-corrected chi connectivity index (χ4v) is 4.01. The minimum Gasteiger partial charge on any atom is -0.476 e. The van der Waals surface area contributed by atoms with Gasteiger partial charge in [-0.1, -0.05) is 35.0 Å². The summed E-state index contributed by atoms with van der Waals surface area (Å²) in [5.41, 5.74) is 5.09. The van der Waals surface area contributed by atoms with Crippen LogP contribution in [0.25, 0.3) is 5.69 Å². The van der Waals surface area contributed by atoms with E-state index in [0.29, 0.717) is 32.1 Å². The van der Waals surface area contributed by atoms with Gasteiger partial charge in [-0.25, -0.2) is 9.48 Å². The Balaban J connectivity index is 1.75. The lowest BCUT2D eigenvalue weighted by molar-refractivity contribution is -0.158. The van der Waals surface area contributed by atoms with Crippen LogP contribution < -0.4 is 4.74 Å².